The topological polar surface area (TPSA) is 146 Å². The zero-order chi connectivity index (χ0) is 28.3. The summed E-state index contributed by atoms with van der Waals surface area (Å²) >= 11 is 0. The maximum atomic E-state index is 11.4. The van der Waals surface area contributed by atoms with Crippen molar-refractivity contribution in [1.82, 2.24) is 20.2 Å². The molecule has 1 saturated carbocycles. The predicted octanol–water partition coefficient (Wildman–Crippen LogP) is 4.77. The van der Waals surface area contributed by atoms with E-state index in [1.807, 2.05) is 18.2 Å². The molecule has 5 rings (SSSR count). The maximum Gasteiger partial charge on any atom is 0.339 e. The van der Waals surface area contributed by atoms with Gasteiger partial charge in [0.15, 0.2) is 5.82 Å². The first-order valence-corrected chi connectivity index (χ1v) is 13.7. The number of benzene rings is 2. The number of ether oxygens (including phenoxy) is 2. The Labute approximate surface area is 232 Å². The molecule has 3 aromatic rings. The molecule has 2 heterocycles. The standard InChI is InChI=1S/C20H27N5O2.C9H8O4/c26-20-12-9-15-14-17(10-11-18(15)21-20)27-13-5-4-8-19-22-23-24-25(19)16-6-2-1-3-7-16;1-6(10)13-8-5-3-2-4-7(8)9(11)12/h10-11,14,16H,1-9,12-13H2,(H,21,26);2-5H,1H3,(H,11,12). The highest BCUT2D eigenvalue weighted by Crippen LogP contribution is 2.29. The van der Waals surface area contributed by atoms with E-state index in [1.165, 1.54) is 51.2 Å². The van der Waals surface area contributed by atoms with Crippen LogP contribution in [-0.2, 0) is 22.4 Å². The van der Waals surface area contributed by atoms with Gasteiger partial charge in [0.05, 0.1) is 12.6 Å². The van der Waals surface area contributed by atoms with E-state index in [9.17, 15) is 14.4 Å². The number of aromatic nitrogens is 4. The fourth-order valence-electron chi connectivity index (χ4n) is 4.90. The van der Waals surface area contributed by atoms with Gasteiger partial charge in [-0.05, 0) is 78.4 Å². The Bertz CT molecular complexity index is 1320. The monoisotopic (exact) mass is 549 g/mol. The molecule has 0 bridgehead atoms. The van der Waals surface area contributed by atoms with Crippen LogP contribution in [0.4, 0.5) is 5.69 Å². The number of esters is 1. The third-order valence-corrected chi connectivity index (χ3v) is 6.89. The van der Waals surface area contributed by atoms with E-state index in [-0.39, 0.29) is 17.2 Å². The molecule has 1 aromatic heterocycles. The van der Waals surface area contributed by atoms with E-state index in [4.69, 9.17) is 9.84 Å². The van der Waals surface area contributed by atoms with E-state index < -0.39 is 11.9 Å². The van der Waals surface area contributed by atoms with Crippen molar-refractivity contribution in [2.75, 3.05) is 11.9 Å². The van der Waals surface area contributed by atoms with Gasteiger partial charge >= 0.3 is 11.9 Å². The number of carboxylic acids is 1. The molecule has 1 aliphatic heterocycles. The number of carboxylic acid groups (broad SMARTS) is 1. The van der Waals surface area contributed by atoms with Gasteiger partial charge in [-0.2, -0.15) is 0 Å². The number of carbonyl (C=O) groups excluding carboxylic acids is 2. The van der Waals surface area contributed by atoms with Crippen molar-refractivity contribution in [3.8, 4) is 11.5 Å². The number of unbranched alkanes of at least 4 members (excludes halogenated alkanes) is 1. The molecule has 0 spiro atoms. The predicted molar refractivity (Wildman–Crippen MR) is 146 cm³/mol. The smallest absolute Gasteiger partial charge is 0.339 e. The fourth-order valence-corrected chi connectivity index (χ4v) is 4.90. The number of nitrogens with zero attached hydrogens (tertiary/aromatic N) is 4. The van der Waals surface area contributed by atoms with Crippen LogP contribution in [-0.4, -0.2) is 49.8 Å². The number of rotatable bonds is 9. The Morgan fingerprint density at radius 3 is 2.65 bits per heavy atom. The maximum absolute atomic E-state index is 11.4. The minimum absolute atomic E-state index is 0.0160. The first-order valence-electron chi connectivity index (χ1n) is 13.7. The molecule has 11 heteroatoms. The highest BCUT2D eigenvalue weighted by Gasteiger charge is 2.20. The lowest BCUT2D eigenvalue weighted by molar-refractivity contribution is -0.131. The molecular formula is C29H35N5O6. The summed E-state index contributed by atoms with van der Waals surface area (Å²) in [5.41, 5.74) is 2.05. The molecule has 40 heavy (non-hydrogen) atoms. The van der Waals surface area contributed by atoms with E-state index in [0.29, 0.717) is 19.1 Å². The number of para-hydroxylation sites is 1. The second-order valence-corrected chi connectivity index (χ2v) is 9.90. The summed E-state index contributed by atoms with van der Waals surface area (Å²) in [5.74, 6) is 0.392. The Hall–Kier alpha value is -4.28. The average Bonchev–Trinajstić information content (AvgIpc) is 3.42. The Morgan fingerprint density at radius 2 is 1.88 bits per heavy atom. The van der Waals surface area contributed by atoms with Gasteiger partial charge in [-0.3, -0.25) is 9.59 Å². The van der Waals surface area contributed by atoms with E-state index in [0.717, 1.165) is 48.5 Å². The highest BCUT2D eigenvalue weighted by molar-refractivity contribution is 5.94. The quantitative estimate of drug-likeness (QED) is 0.219. The number of carbonyl (C=O) groups is 3. The minimum atomic E-state index is -1.11. The number of fused-ring (bicyclic) bond motifs is 1. The molecular weight excluding hydrogens is 514 g/mol. The molecule has 1 fully saturated rings. The molecule has 2 aromatic carbocycles. The molecule has 212 valence electrons. The number of aryl methyl sites for hydroxylation is 2. The van der Waals surface area contributed by atoms with Gasteiger partial charge in [0.1, 0.15) is 17.1 Å². The third-order valence-electron chi connectivity index (χ3n) is 6.89. The van der Waals surface area contributed by atoms with Crippen LogP contribution in [0.25, 0.3) is 0 Å². The molecule has 2 N–H and O–H groups in total. The summed E-state index contributed by atoms with van der Waals surface area (Å²) in [6, 6.07) is 12.4. The van der Waals surface area contributed by atoms with Crippen molar-refractivity contribution in [2.24, 2.45) is 0 Å². The zero-order valence-corrected chi connectivity index (χ0v) is 22.7. The summed E-state index contributed by atoms with van der Waals surface area (Å²) in [4.78, 5) is 32.6. The number of tetrazole rings is 1. The van der Waals surface area contributed by atoms with Crippen LogP contribution in [0.1, 0.15) is 86.1 Å². The summed E-state index contributed by atoms with van der Waals surface area (Å²) in [6.07, 6.45) is 10.5. The van der Waals surface area contributed by atoms with Crippen LogP contribution in [0.3, 0.4) is 0 Å². The number of aromatic carboxylic acids is 1. The second-order valence-electron chi connectivity index (χ2n) is 9.90. The van der Waals surface area contributed by atoms with Crippen molar-refractivity contribution in [3.05, 3.63) is 59.4 Å². The van der Waals surface area contributed by atoms with Crippen LogP contribution < -0.4 is 14.8 Å². The highest BCUT2D eigenvalue weighted by atomic mass is 16.5. The van der Waals surface area contributed by atoms with Crippen molar-refractivity contribution >= 4 is 23.5 Å². The molecule has 11 nitrogen and oxygen atoms in total. The summed E-state index contributed by atoms with van der Waals surface area (Å²) < 4.78 is 12.6. The van der Waals surface area contributed by atoms with Crippen molar-refractivity contribution < 1.29 is 29.0 Å². The minimum Gasteiger partial charge on any atom is -0.494 e. The van der Waals surface area contributed by atoms with Gasteiger partial charge in [0, 0.05) is 25.5 Å². The largest absolute Gasteiger partial charge is 0.494 e. The van der Waals surface area contributed by atoms with Crippen LogP contribution >= 0.6 is 0 Å². The van der Waals surface area contributed by atoms with Gasteiger partial charge in [0.25, 0.3) is 0 Å². The van der Waals surface area contributed by atoms with Gasteiger partial charge in [0.2, 0.25) is 5.91 Å². The lowest BCUT2D eigenvalue weighted by Crippen LogP contribution is -2.18. The molecule has 0 unspecified atom stereocenters. The lowest BCUT2D eigenvalue weighted by atomic mass is 9.95. The zero-order valence-electron chi connectivity index (χ0n) is 22.7. The van der Waals surface area contributed by atoms with Crippen LogP contribution in [0, 0.1) is 0 Å². The molecule has 1 aliphatic carbocycles. The van der Waals surface area contributed by atoms with E-state index >= 15 is 0 Å². The number of hydrogen-bond acceptors (Lipinski definition) is 8. The van der Waals surface area contributed by atoms with Gasteiger partial charge in [-0.15, -0.1) is 5.10 Å². The molecule has 0 atom stereocenters. The SMILES string of the molecule is CC(=O)Oc1ccccc1C(=O)O.O=C1CCc2cc(OCCCCc3nnnn3C3CCCCC3)ccc2N1. The van der Waals surface area contributed by atoms with Gasteiger partial charge in [-0.1, -0.05) is 31.4 Å². The average molecular weight is 550 g/mol. The number of amides is 1. The van der Waals surface area contributed by atoms with Crippen LogP contribution in [0.5, 0.6) is 11.5 Å². The molecule has 1 amide bonds. The summed E-state index contributed by atoms with van der Waals surface area (Å²) in [5, 5.41) is 23.9. The Balaban J connectivity index is 0.000000240. The van der Waals surface area contributed by atoms with Crippen LogP contribution in [0.15, 0.2) is 42.5 Å². The van der Waals surface area contributed by atoms with E-state index in [1.54, 1.807) is 12.1 Å². The third kappa shape index (κ3) is 8.11. The normalized spacial score (nSPS) is 14.8. The van der Waals surface area contributed by atoms with Gasteiger partial charge < -0.3 is 19.9 Å². The second kappa shape index (κ2) is 14.2. The first kappa shape index (κ1) is 28.7. The van der Waals surface area contributed by atoms with E-state index in [2.05, 4.69) is 30.3 Å². The Morgan fingerprint density at radius 1 is 1.07 bits per heavy atom. The molecule has 0 radical (unpaired) electrons. The van der Waals surface area contributed by atoms with Gasteiger partial charge in [-0.25, -0.2) is 9.48 Å². The first-order chi connectivity index (χ1) is 19.4. The van der Waals surface area contributed by atoms with Crippen molar-refractivity contribution in [2.45, 2.75) is 77.2 Å². The van der Waals surface area contributed by atoms with Crippen LogP contribution in [0.2, 0.25) is 0 Å². The summed E-state index contributed by atoms with van der Waals surface area (Å²) in [6.45, 7) is 1.90. The van der Waals surface area contributed by atoms with Crippen molar-refractivity contribution in [3.63, 3.8) is 0 Å². The molecule has 0 saturated heterocycles. The summed E-state index contributed by atoms with van der Waals surface area (Å²) in [7, 11) is 0. The number of hydrogen-bond donors (Lipinski definition) is 2. The Kier molecular flexibility index (Phi) is 10.2. The van der Waals surface area contributed by atoms with Crippen molar-refractivity contribution in [1.29, 1.82) is 0 Å². The number of anilines is 1. The molecule has 2 aliphatic rings. The fraction of sp³-hybridized carbons (Fsp3) is 0.448. The lowest BCUT2D eigenvalue weighted by Gasteiger charge is -2.22. The number of nitrogens with one attached hydrogen (secondary N) is 1.